The minimum Gasteiger partial charge on any atom is -0.379 e. The lowest BCUT2D eigenvalue weighted by Gasteiger charge is -2.18. The highest BCUT2D eigenvalue weighted by atomic mass is 32.2. The van der Waals surface area contributed by atoms with Gasteiger partial charge in [-0.05, 0) is 85.8 Å². The molecule has 0 bridgehead atoms. The quantitative estimate of drug-likeness (QED) is 0.475. The third-order valence-electron chi connectivity index (χ3n) is 5.82. The van der Waals surface area contributed by atoms with E-state index in [1.165, 1.54) is 24.3 Å². The molecule has 0 atom stereocenters. The molecule has 3 aromatic rings. The molecule has 7 nitrogen and oxygen atoms in total. The number of hydrogen-bond acceptors (Lipinski definition) is 5. The van der Waals surface area contributed by atoms with Crippen LogP contribution in [0.15, 0.2) is 71.6 Å². The van der Waals surface area contributed by atoms with E-state index in [1.54, 1.807) is 43.1 Å². The van der Waals surface area contributed by atoms with Gasteiger partial charge in [0.25, 0.3) is 11.8 Å². The fraction of sp³-hybridized carbons (Fsp3) is 0.259. The number of nitrogens with one attached hydrogen (secondary N) is 1. The van der Waals surface area contributed by atoms with Crippen LogP contribution in [0.2, 0.25) is 0 Å². The second kappa shape index (κ2) is 9.92. The first-order valence-electron chi connectivity index (χ1n) is 11.4. The predicted molar refractivity (Wildman–Crippen MR) is 133 cm³/mol. The minimum absolute atomic E-state index is 0.0784. The lowest BCUT2D eigenvalue weighted by atomic mass is 10.1. The second-order valence-corrected chi connectivity index (χ2v) is 10.5. The van der Waals surface area contributed by atoms with Gasteiger partial charge in [-0.1, -0.05) is 24.3 Å². The topological polar surface area (TPSA) is 92.8 Å². The molecule has 2 amide bonds. The van der Waals surface area contributed by atoms with Crippen LogP contribution in [0, 0.1) is 13.8 Å². The van der Waals surface area contributed by atoms with E-state index in [0.717, 1.165) is 24.0 Å². The number of carbonyl (C=O) groups excluding carboxylic acids is 2. The molecular weight excluding hydrogens is 464 g/mol. The molecule has 35 heavy (non-hydrogen) atoms. The molecule has 8 heteroatoms. The number of nitrogens with zero attached hydrogens (tertiary/aromatic N) is 1. The van der Waals surface area contributed by atoms with Crippen LogP contribution in [0.1, 0.15) is 50.2 Å². The van der Waals surface area contributed by atoms with Gasteiger partial charge in [0, 0.05) is 30.8 Å². The minimum atomic E-state index is -3.99. The van der Waals surface area contributed by atoms with E-state index in [0.29, 0.717) is 29.3 Å². The first kappa shape index (κ1) is 24.5. The molecule has 1 aliphatic carbocycles. The number of benzene rings is 3. The van der Waals surface area contributed by atoms with Crippen LogP contribution < -0.4 is 9.50 Å². The summed E-state index contributed by atoms with van der Waals surface area (Å²) in [6, 6.07) is 18.6. The Hall–Kier alpha value is -3.65. The first-order valence-corrected chi connectivity index (χ1v) is 12.8. The molecule has 0 radical (unpaired) electrons. The molecular formula is C27H28N2O5S. The van der Waals surface area contributed by atoms with Gasteiger partial charge >= 0.3 is 10.1 Å². The number of carbonyl (C=O) groups is 2. The number of aryl methyl sites for hydroxylation is 2. The SMILES string of the molecule is Cc1ccc(C)c(S(=O)(=O)Oc2ccc(C(=O)N(C)Cc3ccc(C(=O)NC4CC4)cc3)cc2)c1. The number of amides is 2. The van der Waals surface area contributed by atoms with Crippen LogP contribution >= 0.6 is 0 Å². The monoisotopic (exact) mass is 492 g/mol. The summed E-state index contributed by atoms with van der Waals surface area (Å²) in [5.41, 5.74) is 3.31. The second-order valence-electron chi connectivity index (χ2n) is 8.94. The van der Waals surface area contributed by atoms with E-state index in [2.05, 4.69) is 5.32 Å². The molecule has 3 aromatic carbocycles. The summed E-state index contributed by atoms with van der Waals surface area (Å²) in [6.07, 6.45) is 2.07. The lowest BCUT2D eigenvalue weighted by Crippen LogP contribution is -2.26. The van der Waals surface area contributed by atoms with E-state index >= 15 is 0 Å². The van der Waals surface area contributed by atoms with Crippen LogP contribution in [0.3, 0.4) is 0 Å². The Morgan fingerprint density at radius 3 is 2.20 bits per heavy atom. The molecule has 182 valence electrons. The number of rotatable bonds is 8. The van der Waals surface area contributed by atoms with Gasteiger partial charge in [0.15, 0.2) is 0 Å². The molecule has 0 heterocycles. The molecule has 0 spiro atoms. The van der Waals surface area contributed by atoms with Crippen molar-refractivity contribution in [1.29, 1.82) is 0 Å². The Labute approximate surface area is 205 Å². The summed E-state index contributed by atoms with van der Waals surface area (Å²) < 4.78 is 30.7. The van der Waals surface area contributed by atoms with Gasteiger partial charge < -0.3 is 14.4 Å². The Kier molecular flexibility index (Phi) is 6.93. The van der Waals surface area contributed by atoms with E-state index in [1.807, 2.05) is 25.1 Å². The van der Waals surface area contributed by atoms with Crippen LogP contribution in [-0.2, 0) is 16.7 Å². The Morgan fingerprint density at radius 1 is 0.943 bits per heavy atom. The van der Waals surface area contributed by atoms with Crippen molar-refractivity contribution in [3.8, 4) is 5.75 Å². The summed E-state index contributed by atoms with van der Waals surface area (Å²) in [5, 5.41) is 2.95. The maximum absolute atomic E-state index is 12.9. The van der Waals surface area contributed by atoms with E-state index in [-0.39, 0.29) is 22.5 Å². The zero-order valence-electron chi connectivity index (χ0n) is 19.9. The average molecular weight is 493 g/mol. The third-order valence-corrected chi connectivity index (χ3v) is 7.21. The zero-order valence-corrected chi connectivity index (χ0v) is 20.8. The zero-order chi connectivity index (χ0) is 25.2. The highest BCUT2D eigenvalue weighted by Gasteiger charge is 2.24. The smallest absolute Gasteiger partial charge is 0.339 e. The van der Waals surface area contributed by atoms with Gasteiger partial charge in [-0.25, -0.2) is 0 Å². The largest absolute Gasteiger partial charge is 0.379 e. The van der Waals surface area contributed by atoms with Crippen molar-refractivity contribution >= 4 is 21.9 Å². The lowest BCUT2D eigenvalue weighted by molar-refractivity contribution is 0.0784. The van der Waals surface area contributed by atoms with Crippen molar-refractivity contribution in [2.24, 2.45) is 0 Å². The maximum atomic E-state index is 12.9. The average Bonchev–Trinajstić information content (AvgIpc) is 3.64. The van der Waals surface area contributed by atoms with Crippen LogP contribution in [-0.4, -0.2) is 38.2 Å². The van der Waals surface area contributed by atoms with E-state index in [9.17, 15) is 18.0 Å². The molecule has 0 aliphatic heterocycles. The van der Waals surface area contributed by atoms with Crippen molar-refractivity contribution < 1.29 is 22.2 Å². The Balaban J connectivity index is 1.38. The number of hydrogen-bond donors (Lipinski definition) is 1. The van der Waals surface area contributed by atoms with Crippen molar-refractivity contribution in [3.05, 3.63) is 94.5 Å². The summed E-state index contributed by atoms with van der Waals surface area (Å²) in [4.78, 5) is 26.7. The molecule has 0 aromatic heterocycles. The summed E-state index contributed by atoms with van der Waals surface area (Å²) in [7, 11) is -2.31. The van der Waals surface area contributed by atoms with Crippen molar-refractivity contribution in [3.63, 3.8) is 0 Å². The molecule has 0 unspecified atom stereocenters. The molecule has 1 N–H and O–H groups in total. The fourth-order valence-electron chi connectivity index (χ4n) is 3.63. The van der Waals surface area contributed by atoms with Gasteiger partial charge in [-0.2, -0.15) is 8.42 Å². The van der Waals surface area contributed by atoms with Gasteiger partial charge in [0.2, 0.25) is 0 Å². The van der Waals surface area contributed by atoms with Gasteiger partial charge in [0.05, 0.1) is 0 Å². The van der Waals surface area contributed by atoms with Gasteiger partial charge in [0.1, 0.15) is 10.6 Å². The van der Waals surface area contributed by atoms with Crippen molar-refractivity contribution in [1.82, 2.24) is 10.2 Å². The molecule has 1 aliphatic rings. The van der Waals surface area contributed by atoms with Crippen LogP contribution in [0.4, 0.5) is 0 Å². The van der Waals surface area contributed by atoms with E-state index in [4.69, 9.17) is 4.18 Å². The molecule has 1 saturated carbocycles. The molecule has 4 rings (SSSR count). The normalized spacial score (nSPS) is 13.2. The van der Waals surface area contributed by atoms with Gasteiger partial charge in [-0.15, -0.1) is 0 Å². The Bertz CT molecular complexity index is 1350. The van der Waals surface area contributed by atoms with E-state index < -0.39 is 10.1 Å². The Morgan fingerprint density at radius 2 is 1.57 bits per heavy atom. The van der Waals surface area contributed by atoms with Gasteiger partial charge in [-0.3, -0.25) is 9.59 Å². The summed E-state index contributed by atoms with van der Waals surface area (Å²) >= 11 is 0. The maximum Gasteiger partial charge on any atom is 0.339 e. The predicted octanol–water partition coefficient (Wildman–Crippen LogP) is 4.24. The van der Waals surface area contributed by atoms with Crippen LogP contribution in [0.25, 0.3) is 0 Å². The standard InChI is InChI=1S/C27H28N2O5S/c1-18-4-5-19(2)25(16-18)35(32,33)34-24-14-10-22(11-15-24)27(31)29(3)17-20-6-8-21(9-7-20)26(30)28-23-12-13-23/h4-11,14-16,23H,12-13,17H2,1-3H3,(H,28,30). The van der Waals surface area contributed by atoms with Crippen molar-refractivity contribution in [2.75, 3.05) is 7.05 Å². The van der Waals surface area contributed by atoms with Crippen molar-refractivity contribution in [2.45, 2.75) is 44.2 Å². The summed E-state index contributed by atoms with van der Waals surface area (Å²) in [5.74, 6) is -0.167. The summed E-state index contributed by atoms with van der Waals surface area (Å²) in [6.45, 7) is 3.89. The third kappa shape index (κ3) is 6.08. The van der Waals surface area contributed by atoms with Crippen LogP contribution in [0.5, 0.6) is 5.75 Å². The highest BCUT2D eigenvalue weighted by molar-refractivity contribution is 7.87. The molecule has 0 saturated heterocycles. The first-order chi connectivity index (χ1) is 16.6. The fourth-order valence-corrected chi connectivity index (χ4v) is 4.87. The molecule has 1 fully saturated rings. The highest BCUT2D eigenvalue weighted by Crippen LogP contribution is 2.23.